The van der Waals surface area contributed by atoms with Gasteiger partial charge in [-0.15, -0.1) is 0 Å². The minimum Gasteiger partial charge on any atom is -0.309 e. The Labute approximate surface area is 387 Å². The zero-order valence-electron chi connectivity index (χ0n) is 37.0. The van der Waals surface area contributed by atoms with Crippen molar-refractivity contribution in [2.45, 2.75) is 38.0 Å². The number of aromatic nitrogens is 1. The lowest BCUT2D eigenvalue weighted by Crippen LogP contribution is -2.13. The second-order valence-corrected chi connectivity index (χ2v) is 17.8. The summed E-state index contributed by atoms with van der Waals surface area (Å²) in [6.45, 7) is 0. The molecule has 0 radical (unpaired) electrons. The maximum absolute atomic E-state index is 2.51. The Morgan fingerprint density at radius 3 is 1.74 bits per heavy atom. The highest BCUT2D eigenvalue weighted by molar-refractivity contribution is 6.14. The lowest BCUT2D eigenvalue weighted by molar-refractivity contribution is 0.445. The molecular weight excluding hydrogens is 797 g/mol. The van der Waals surface area contributed by atoms with Gasteiger partial charge in [0.15, 0.2) is 0 Å². The smallest absolute Gasteiger partial charge is 0.0619 e. The zero-order valence-corrected chi connectivity index (χ0v) is 37.0. The summed E-state index contributed by atoms with van der Waals surface area (Å²) in [5.74, 6) is 0.569. The van der Waals surface area contributed by atoms with E-state index in [0.717, 1.165) is 22.7 Å². The SMILES string of the molecule is c1ccc(-c2ccc(N(c3ccc(-c4cccc5c6ccccc6n(-c6ccccc6)c45)cc3)c3ccccc3-c3cccc4cccc(C5CCCCC5)c34)c(-c3ccccc3)c2)cc1. The average molecular weight is 847 g/mol. The van der Waals surface area contributed by atoms with Crippen molar-refractivity contribution in [3.05, 3.63) is 242 Å². The molecule has 0 spiro atoms. The van der Waals surface area contributed by atoms with Crippen LogP contribution in [0.1, 0.15) is 43.6 Å². The van der Waals surface area contributed by atoms with Gasteiger partial charge in [0.05, 0.1) is 22.4 Å². The van der Waals surface area contributed by atoms with Gasteiger partial charge in [0.2, 0.25) is 0 Å². The van der Waals surface area contributed by atoms with Crippen molar-refractivity contribution in [3.8, 4) is 50.2 Å². The molecule has 0 bridgehead atoms. The van der Waals surface area contributed by atoms with Crippen molar-refractivity contribution in [1.29, 1.82) is 0 Å². The largest absolute Gasteiger partial charge is 0.309 e. The van der Waals surface area contributed by atoms with Crippen LogP contribution in [-0.4, -0.2) is 4.57 Å². The van der Waals surface area contributed by atoms with Gasteiger partial charge in [0, 0.05) is 38.8 Å². The van der Waals surface area contributed by atoms with Crippen LogP contribution in [0.3, 0.4) is 0 Å². The third kappa shape index (κ3) is 7.07. The van der Waals surface area contributed by atoms with Crippen molar-refractivity contribution >= 4 is 49.6 Å². The van der Waals surface area contributed by atoms with Crippen LogP contribution in [0.5, 0.6) is 0 Å². The number of benzene rings is 10. The Bertz CT molecular complexity index is 3480. The highest BCUT2D eigenvalue weighted by Gasteiger charge is 2.25. The quantitative estimate of drug-likeness (QED) is 0.140. The van der Waals surface area contributed by atoms with Crippen LogP contribution < -0.4 is 4.90 Å². The monoisotopic (exact) mass is 846 g/mol. The van der Waals surface area contributed by atoms with Gasteiger partial charge >= 0.3 is 0 Å². The molecule has 1 heterocycles. The molecule has 0 amide bonds. The molecule has 11 aromatic rings. The predicted molar refractivity (Wildman–Crippen MR) is 281 cm³/mol. The van der Waals surface area contributed by atoms with Crippen molar-refractivity contribution in [1.82, 2.24) is 4.57 Å². The first kappa shape index (κ1) is 39.6. The molecule has 2 nitrogen and oxygen atoms in total. The number of para-hydroxylation sites is 4. The van der Waals surface area contributed by atoms with Gasteiger partial charge in [-0.2, -0.15) is 0 Å². The summed E-state index contributed by atoms with van der Waals surface area (Å²) >= 11 is 0. The molecule has 1 aromatic heterocycles. The van der Waals surface area contributed by atoms with Crippen LogP contribution in [0.4, 0.5) is 17.1 Å². The van der Waals surface area contributed by atoms with Crippen molar-refractivity contribution in [3.63, 3.8) is 0 Å². The van der Waals surface area contributed by atoms with Crippen LogP contribution in [0.15, 0.2) is 237 Å². The fourth-order valence-corrected chi connectivity index (χ4v) is 10.9. The second kappa shape index (κ2) is 17.2. The Kier molecular flexibility index (Phi) is 10.3. The fraction of sp³-hybridized carbons (Fsp3) is 0.0938. The standard InChI is InChI=1S/C64H50N2/c1-5-20-45(21-6-1)50-40-43-62(59(44-50)47-24-9-3-10-25-47)65(60-36-15-13-30-55(60)57-34-18-27-49-26-17-32-53(63(49)57)46-22-7-2-8-23-46)52-41-38-48(39-42-52)54-33-19-35-58-56-31-14-16-37-61(56)66(64(54)58)51-28-11-4-12-29-51/h1,3-6,9-21,24-44,46H,2,7-8,22-23H2. The molecule has 1 aliphatic rings. The van der Waals surface area contributed by atoms with Gasteiger partial charge in [-0.25, -0.2) is 0 Å². The molecule has 66 heavy (non-hydrogen) atoms. The first-order valence-electron chi connectivity index (χ1n) is 23.6. The van der Waals surface area contributed by atoms with E-state index in [1.165, 1.54) is 115 Å². The van der Waals surface area contributed by atoms with E-state index in [4.69, 9.17) is 0 Å². The summed E-state index contributed by atoms with van der Waals surface area (Å²) in [4.78, 5) is 2.51. The molecule has 1 saturated carbocycles. The summed E-state index contributed by atoms with van der Waals surface area (Å²) in [6.07, 6.45) is 6.44. The van der Waals surface area contributed by atoms with Crippen LogP contribution in [0.2, 0.25) is 0 Å². The van der Waals surface area contributed by atoms with Crippen molar-refractivity contribution in [2.75, 3.05) is 4.90 Å². The number of nitrogens with zero attached hydrogens (tertiary/aromatic N) is 2. The summed E-state index contributed by atoms with van der Waals surface area (Å²) in [5, 5.41) is 5.20. The normalized spacial score (nSPS) is 13.1. The lowest BCUT2D eigenvalue weighted by Gasteiger charge is -2.31. The maximum atomic E-state index is 2.51. The predicted octanol–water partition coefficient (Wildman–Crippen LogP) is 18.1. The molecule has 2 heteroatoms. The Morgan fingerprint density at radius 1 is 0.379 bits per heavy atom. The number of fused-ring (bicyclic) bond motifs is 4. The third-order valence-electron chi connectivity index (χ3n) is 14.0. The highest BCUT2D eigenvalue weighted by Crippen LogP contribution is 2.49. The zero-order chi connectivity index (χ0) is 43.8. The fourth-order valence-electron chi connectivity index (χ4n) is 10.9. The summed E-state index contributed by atoms with van der Waals surface area (Å²) in [5.41, 5.74) is 18.1. The van der Waals surface area contributed by atoms with Crippen LogP contribution in [-0.2, 0) is 0 Å². The summed E-state index contributed by atoms with van der Waals surface area (Å²) in [7, 11) is 0. The van der Waals surface area contributed by atoms with E-state index in [-0.39, 0.29) is 0 Å². The highest BCUT2D eigenvalue weighted by atomic mass is 15.1. The molecular formula is C64H50N2. The van der Waals surface area contributed by atoms with Gasteiger partial charge in [-0.05, 0) is 111 Å². The number of rotatable bonds is 9. The number of hydrogen-bond acceptors (Lipinski definition) is 1. The number of hydrogen-bond donors (Lipinski definition) is 0. The molecule has 316 valence electrons. The Hall–Kier alpha value is -7.94. The second-order valence-electron chi connectivity index (χ2n) is 17.8. The molecule has 12 rings (SSSR count). The van der Waals surface area contributed by atoms with E-state index in [2.05, 4.69) is 246 Å². The Morgan fingerprint density at radius 2 is 0.955 bits per heavy atom. The van der Waals surface area contributed by atoms with Gasteiger partial charge in [-0.1, -0.05) is 207 Å². The molecule has 1 fully saturated rings. The maximum Gasteiger partial charge on any atom is 0.0619 e. The van der Waals surface area contributed by atoms with Crippen LogP contribution >= 0.6 is 0 Å². The number of anilines is 3. The molecule has 0 unspecified atom stereocenters. The average Bonchev–Trinajstić information content (AvgIpc) is 3.74. The van der Waals surface area contributed by atoms with E-state index in [0.29, 0.717) is 5.92 Å². The van der Waals surface area contributed by atoms with Crippen molar-refractivity contribution < 1.29 is 0 Å². The Balaban J connectivity index is 1.08. The van der Waals surface area contributed by atoms with E-state index >= 15 is 0 Å². The van der Waals surface area contributed by atoms with E-state index in [9.17, 15) is 0 Å². The lowest BCUT2D eigenvalue weighted by atomic mass is 9.80. The van der Waals surface area contributed by atoms with Crippen LogP contribution in [0.25, 0.3) is 82.8 Å². The molecule has 1 aliphatic carbocycles. The van der Waals surface area contributed by atoms with Crippen molar-refractivity contribution in [2.24, 2.45) is 0 Å². The summed E-state index contributed by atoms with van der Waals surface area (Å²) < 4.78 is 2.43. The molecule has 0 atom stereocenters. The molecule has 0 N–H and O–H groups in total. The van der Waals surface area contributed by atoms with Gasteiger partial charge in [0.25, 0.3) is 0 Å². The van der Waals surface area contributed by atoms with Gasteiger partial charge in [-0.3, -0.25) is 0 Å². The van der Waals surface area contributed by atoms with Gasteiger partial charge in [0.1, 0.15) is 0 Å². The van der Waals surface area contributed by atoms with Crippen LogP contribution in [0, 0.1) is 0 Å². The van der Waals surface area contributed by atoms with E-state index in [1.54, 1.807) is 0 Å². The third-order valence-corrected chi connectivity index (χ3v) is 14.0. The van der Waals surface area contributed by atoms with E-state index < -0.39 is 0 Å². The first-order chi connectivity index (χ1) is 32.8. The molecule has 0 aliphatic heterocycles. The minimum atomic E-state index is 0.569. The first-order valence-corrected chi connectivity index (χ1v) is 23.6. The molecule has 0 saturated heterocycles. The van der Waals surface area contributed by atoms with Gasteiger partial charge < -0.3 is 9.47 Å². The minimum absolute atomic E-state index is 0.569. The van der Waals surface area contributed by atoms with E-state index in [1.807, 2.05) is 0 Å². The molecule has 10 aromatic carbocycles. The summed E-state index contributed by atoms with van der Waals surface area (Å²) in [6, 6.07) is 87.3. The topological polar surface area (TPSA) is 8.17 Å².